The molecule has 0 bridgehead atoms. The average Bonchev–Trinajstić information content (AvgIpc) is 2.67. The number of rotatable bonds is 9. The van der Waals surface area contributed by atoms with Gasteiger partial charge in [0.25, 0.3) is 0 Å². The Kier molecular flexibility index (Phi) is 6.68. The van der Waals surface area contributed by atoms with Gasteiger partial charge in [0.1, 0.15) is 19.0 Å². The molecule has 0 amide bonds. The van der Waals surface area contributed by atoms with E-state index in [9.17, 15) is 12.8 Å². The Labute approximate surface area is 159 Å². The van der Waals surface area contributed by atoms with Crippen molar-refractivity contribution in [2.75, 3.05) is 25.5 Å². The monoisotopic (exact) mass is 393 g/mol. The van der Waals surface area contributed by atoms with Gasteiger partial charge in [-0.1, -0.05) is 24.3 Å². The number of halogens is 1. The van der Waals surface area contributed by atoms with E-state index in [1.807, 2.05) is 18.2 Å². The molecule has 1 N–H and O–H groups in total. The number of hydrogen-bond donors (Lipinski definition) is 1. The van der Waals surface area contributed by atoms with Gasteiger partial charge in [0.2, 0.25) is 10.0 Å². The van der Waals surface area contributed by atoms with Crippen LogP contribution in [0.4, 0.5) is 4.39 Å². The fraction of sp³-hybridized carbons (Fsp3) is 0.400. The molecule has 146 valence electrons. The van der Waals surface area contributed by atoms with E-state index in [-0.39, 0.29) is 18.0 Å². The maximum Gasteiger partial charge on any atom is 0.211 e. The summed E-state index contributed by atoms with van der Waals surface area (Å²) in [4.78, 5) is 0. The maximum absolute atomic E-state index is 13.6. The highest BCUT2D eigenvalue weighted by molar-refractivity contribution is 7.89. The van der Waals surface area contributed by atoms with Crippen LogP contribution < -0.4 is 14.2 Å². The Balaban J connectivity index is 1.37. The molecule has 0 radical (unpaired) electrons. The van der Waals surface area contributed by atoms with Crippen molar-refractivity contribution in [2.45, 2.75) is 25.7 Å². The molecule has 0 atom stereocenters. The number of aryl methyl sites for hydroxylation is 2. The minimum absolute atomic E-state index is 0.115. The van der Waals surface area contributed by atoms with E-state index in [1.165, 1.54) is 6.07 Å². The van der Waals surface area contributed by atoms with E-state index >= 15 is 0 Å². The van der Waals surface area contributed by atoms with Gasteiger partial charge < -0.3 is 9.47 Å². The molecule has 27 heavy (non-hydrogen) atoms. The summed E-state index contributed by atoms with van der Waals surface area (Å²) in [7, 11) is -3.41. The van der Waals surface area contributed by atoms with Gasteiger partial charge in [-0.3, -0.25) is 0 Å². The first-order valence-corrected chi connectivity index (χ1v) is 10.8. The second-order valence-corrected chi connectivity index (χ2v) is 8.42. The van der Waals surface area contributed by atoms with E-state index in [0.29, 0.717) is 25.3 Å². The highest BCUT2D eigenvalue weighted by atomic mass is 32.2. The molecule has 0 unspecified atom stereocenters. The van der Waals surface area contributed by atoms with Gasteiger partial charge >= 0.3 is 0 Å². The van der Waals surface area contributed by atoms with Crippen molar-refractivity contribution in [1.82, 2.24) is 4.72 Å². The summed E-state index contributed by atoms with van der Waals surface area (Å²) < 4.78 is 51.3. The molecule has 7 heteroatoms. The van der Waals surface area contributed by atoms with E-state index in [0.717, 1.165) is 36.3 Å². The summed E-state index contributed by atoms with van der Waals surface area (Å²) in [6.07, 6.45) is 2.59. The molecular weight excluding hydrogens is 369 g/mol. The Bertz CT molecular complexity index is 870. The van der Waals surface area contributed by atoms with Crippen molar-refractivity contribution in [3.05, 3.63) is 59.4 Å². The molecule has 1 heterocycles. The lowest BCUT2D eigenvalue weighted by atomic mass is 10.1. The predicted octanol–water partition coefficient (Wildman–Crippen LogP) is 3.08. The SMILES string of the molecule is O=S(=O)(CCc1ccccc1F)NCCCCc1ccc2c(c1)OCCO2. The quantitative estimate of drug-likeness (QED) is 0.665. The molecule has 0 saturated carbocycles. The zero-order valence-electron chi connectivity index (χ0n) is 15.1. The van der Waals surface area contributed by atoms with Gasteiger partial charge in [-0.05, 0) is 55.0 Å². The summed E-state index contributed by atoms with van der Waals surface area (Å²) >= 11 is 0. The van der Waals surface area contributed by atoms with Crippen LogP contribution in [0, 0.1) is 5.82 Å². The summed E-state index contributed by atoms with van der Waals surface area (Å²) in [6, 6.07) is 12.1. The number of sulfonamides is 1. The zero-order valence-corrected chi connectivity index (χ0v) is 15.9. The minimum atomic E-state index is -3.41. The Hall–Kier alpha value is -2.12. The molecule has 2 aromatic rings. The molecule has 0 fully saturated rings. The Morgan fingerprint density at radius 2 is 1.74 bits per heavy atom. The lowest BCUT2D eigenvalue weighted by molar-refractivity contribution is 0.171. The molecule has 5 nitrogen and oxygen atoms in total. The normalized spacial score (nSPS) is 13.5. The van der Waals surface area contributed by atoms with Crippen LogP contribution in [0.25, 0.3) is 0 Å². The van der Waals surface area contributed by atoms with Gasteiger partial charge in [-0.25, -0.2) is 17.5 Å². The lowest BCUT2D eigenvalue weighted by Gasteiger charge is -2.18. The van der Waals surface area contributed by atoms with E-state index < -0.39 is 10.0 Å². The first-order valence-electron chi connectivity index (χ1n) is 9.13. The average molecular weight is 393 g/mol. The van der Waals surface area contributed by atoms with Crippen LogP contribution in [0.3, 0.4) is 0 Å². The minimum Gasteiger partial charge on any atom is -0.486 e. The smallest absolute Gasteiger partial charge is 0.211 e. The molecule has 2 aromatic carbocycles. The Morgan fingerprint density at radius 3 is 2.56 bits per heavy atom. The molecular formula is C20H24FNO4S. The van der Waals surface area contributed by atoms with Crippen molar-refractivity contribution in [3.8, 4) is 11.5 Å². The van der Waals surface area contributed by atoms with E-state index in [1.54, 1.807) is 18.2 Å². The van der Waals surface area contributed by atoms with Crippen LogP contribution in [0.15, 0.2) is 42.5 Å². The van der Waals surface area contributed by atoms with Crippen LogP contribution in [-0.4, -0.2) is 33.9 Å². The number of ether oxygens (including phenoxy) is 2. The third-order valence-corrected chi connectivity index (χ3v) is 5.80. The van der Waals surface area contributed by atoms with Crippen LogP contribution in [0.2, 0.25) is 0 Å². The second kappa shape index (κ2) is 9.19. The first kappa shape index (κ1) is 19.6. The summed E-state index contributed by atoms with van der Waals surface area (Å²) in [5.74, 6) is 1.06. The van der Waals surface area contributed by atoms with Crippen molar-refractivity contribution < 1.29 is 22.3 Å². The van der Waals surface area contributed by atoms with Gasteiger partial charge in [0.15, 0.2) is 11.5 Å². The fourth-order valence-corrected chi connectivity index (χ4v) is 4.03. The number of unbranched alkanes of at least 4 members (excludes halogenated alkanes) is 1. The molecule has 3 rings (SSSR count). The Morgan fingerprint density at radius 1 is 0.963 bits per heavy atom. The molecule has 1 aliphatic rings. The molecule has 0 spiro atoms. The number of benzene rings is 2. The third kappa shape index (κ3) is 5.94. The predicted molar refractivity (Wildman–Crippen MR) is 102 cm³/mol. The van der Waals surface area contributed by atoms with Gasteiger partial charge in [0.05, 0.1) is 5.75 Å². The fourth-order valence-electron chi connectivity index (χ4n) is 2.94. The maximum atomic E-state index is 13.6. The third-order valence-electron chi connectivity index (χ3n) is 4.42. The van der Waals surface area contributed by atoms with Crippen molar-refractivity contribution in [1.29, 1.82) is 0 Å². The summed E-state index contributed by atoms with van der Waals surface area (Å²) in [5, 5.41) is 0. The van der Waals surface area contributed by atoms with Crippen LogP contribution in [0.5, 0.6) is 11.5 Å². The second-order valence-electron chi connectivity index (χ2n) is 6.49. The first-order chi connectivity index (χ1) is 13.0. The molecule has 0 aromatic heterocycles. The van der Waals surface area contributed by atoms with Gasteiger partial charge in [-0.15, -0.1) is 0 Å². The molecule has 1 aliphatic heterocycles. The number of fused-ring (bicyclic) bond motifs is 1. The summed E-state index contributed by atoms with van der Waals surface area (Å²) in [6.45, 7) is 1.51. The summed E-state index contributed by atoms with van der Waals surface area (Å²) in [5.41, 5.74) is 1.56. The van der Waals surface area contributed by atoms with E-state index in [4.69, 9.17) is 9.47 Å². The van der Waals surface area contributed by atoms with Crippen molar-refractivity contribution >= 4 is 10.0 Å². The number of nitrogens with one attached hydrogen (secondary N) is 1. The van der Waals surface area contributed by atoms with Gasteiger partial charge in [0, 0.05) is 6.54 Å². The zero-order chi connectivity index (χ0) is 19.1. The number of hydrogen-bond acceptors (Lipinski definition) is 4. The van der Waals surface area contributed by atoms with Crippen LogP contribution >= 0.6 is 0 Å². The topological polar surface area (TPSA) is 64.6 Å². The van der Waals surface area contributed by atoms with Crippen molar-refractivity contribution in [3.63, 3.8) is 0 Å². The highest BCUT2D eigenvalue weighted by Crippen LogP contribution is 2.31. The molecule has 0 aliphatic carbocycles. The van der Waals surface area contributed by atoms with Crippen LogP contribution in [0.1, 0.15) is 24.0 Å². The van der Waals surface area contributed by atoms with E-state index in [2.05, 4.69) is 4.72 Å². The highest BCUT2D eigenvalue weighted by Gasteiger charge is 2.13. The molecule has 0 saturated heterocycles. The van der Waals surface area contributed by atoms with Crippen molar-refractivity contribution in [2.24, 2.45) is 0 Å². The standard InChI is InChI=1S/C20H24FNO4S/c21-18-7-2-1-6-17(18)10-14-27(23,24)22-11-4-3-5-16-8-9-19-20(15-16)26-13-12-25-19/h1-2,6-9,15,22H,3-5,10-14H2. The lowest BCUT2D eigenvalue weighted by Crippen LogP contribution is -2.28. The largest absolute Gasteiger partial charge is 0.486 e. The van der Waals surface area contributed by atoms with Gasteiger partial charge in [-0.2, -0.15) is 0 Å². The van der Waals surface area contributed by atoms with Crippen LogP contribution in [-0.2, 0) is 22.9 Å².